The van der Waals surface area contributed by atoms with Crippen molar-refractivity contribution in [1.82, 2.24) is 9.03 Å². The monoisotopic (exact) mass is 298 g/mol. The van der Waals surface area contributed by atoms with Crippen molar-refractivity contribution in [2.24, 2.45) is 0 Å². The van der Waals surface area contributed by atoms with E-state index in [9.17, 15) is 8.42 Å². The maximum Gasteiger partial charge on any atom is 0.279 e. The van der Waals surface area contributed by atoms with Crippen LogP contribution in [0.15, 0.2) is 24.3 Å². The van der Waals surface area contributed by atoms with Crippen LogP contribution in [0.25, 0.3) is 0 Å². The summed E-state index contributed by atoms with van der Waals surface area (Å²) in [7, 11) is -0.402. The molecule has 2 atom stereocenters. The lowest BCUT2D eigenvalue weighted by Crippen LogP contribution is -2.47. The lowest BCUT2D eigenvalue weighted by Gasteiger charge is -2.33. The molecule has 2 rings (SSSR count). The molecule has 0 saturated carbocycles. The van der Waals surface area contributed by atoms with Gasteiger partial charge in [-0.1, -0.05) is 29.8 Å². The predicted octanol–water partition coefficient (Wildman–Crippen LogP) is 1.61. The van der Waals surface area contributed by atoms with Crippen LogP contribution in [0.3, 0.4) is 0 Å². The molecule has 6 heteroatoms. The standard InChI is InChI=1S/C14H22N2O3S/c1-11-6-8-12(9-7-11)14-13(5-4-10-19-14)15-20(17,18)16(2)3/h6-9,13-15H,4-5,10H2,1-3H3/t13-,14+/m1/s1. The van der Waals surface area contributed by atoms with Gasteiger partial charge in [-0.2, -0.15) is 17.4 Å². The summed E-state index contributed by atoms with van der Waals surface area (Å²) in [5, 5.41) is 0. The molecule has 0 unspecified atom stereocenters. The lowest BCUT2D eigenvalue weighted by atomic mass is 9.96. The van der Waals surface area contributed by atoms with E-state index in [0.717, 1.165) is 18.4 Å². The summed E-state index contributed by atoms with van der Waals surface area (Å²) in [5.41, 5.74) is 2.19. The molecule has 1 aromatic rings. The van der Waals surface area contributed by atoms with Crippen molar-refractivity contribution in [1.29, 1.82) is 0 Å². The van der Waals surface area contributed by atoms with Gasteiger partial charge in [-0.15, -0.1) is 0 Å². The Morgan fingerprint density at radius 2 is 1.90 bits per heavy atom. The molecule has 1 fully saturated rings. The van der Waals surface area contributed by atoms with Crippen LogP contribution in [0.4, 0.5) is 0 Å². The van der Waals surface area contributed by atoms with E-state index < -0.39 is 10.2 Å². The van der Waals surface area contributed by atoms with E-state index in [1.165, 1.54) is 24.0 Å². The molecular weight excluding hydrogens is 276 g/mol. The van der Waals surface area contributed by atoms with Gasteiger partial charge in [0.15, 0.2) is 0 Å². The van der Waals surface area contributed by atoms with Gasteiger partial charge >= 0.3 is 0 Å². The van der Waals surface area contributed by atoms with Crippen molar-refractivity contribution >= 4 is 10.2 Å². The number of aryl methyl sites for hydroxylation is 1. The van der Waals surface area contributed by atoms with Crippen LogP contribution in [0.5, 0.6) is 0 Å². The Balaban J connectivity index is 2.19. The third kappa shape index (κ3) is 3.58. The highest BCUT2D eigenvalue weighted by Gasteiger charge is 2.31. The molecule has 1 aliphatic rings. The van der Waals surface area contributed by atoms with E-state index in [-0.39, 0.29) is 12.1 Å². The maximum atomic E-state index is 12.0. The van der Waals surface area contributed by atoms with Gasteiger partial charge in [0.2, 0.25) is 0 Å². The first kappa shape index (κ1) is 15.4. The molecule has 0 spiro atoms. The summed E-state index contributed by atoms with van der Waals surface area (Å²) in [4.78, 5) is 0. The van der Waals surface area contributed by atoms with E-state index >= 15 is 0 Å². The highest BCUT2D eigenvalue weighted by molar-refractivity contribution is 7.87. The largest absolute Gasteiger partial charge is 0.372 e. The number of nitrogens with zero attached hydrogens (tertiary/aromatic N) is 1. The van der Waals surface area contributed by atoms with Gasteiger partial charge in [0, 0.05) is 20.7 Å². The molecule has 0 aromatic heterocycles. The lowest BCUT2D eigenvalue weighted by molar-refractivity contribution is -0.00473. The molecule has 1 aliphatic heterocycles. The summed E-state index contributed by atoms with van der Waals surface area (Å²) >= 11 is 0. The summed E-state index contributed by atoms with van der Waals surface area (Å²) in [6.07, 6.45) is 1.42. The van der Waals surface area contributed by atoms with Gasteiger partial charge in [0.25, 0.3) is 10.2 Å². The second-order valence-corrected chi connectivity index (χ2v) is 7.27. The minimum Gasteiger partial charge on any atom is -0.372 e. The van der Waals surface area contributed by atoms with Crippen LogP contribution >= 0.6 is 0 Å². The average Bonchev–Trinajstić information content (AvgIpc) is 2.40. The van der Waals surface area contributed by atoms with Crippen molar-refractivity contribution < 1.29 is 13.2 Å². The minimum atomic E-state index is -3.44. The number of benzene rings is 1. The van der Waals surface area contributed by atoms with E-state index in [0.29, 0.717) is 6.61 Å². The molecule has 112 valence electrons. The van der Waals surface area contributed by atoms with E-state index in [1.807, 2.05) is 31.2 Å². The van der Waals surface area contributed by atoms with Crippen molar-refractivity contribution in [3.63, 3.8) is 0 Å². The molecule has 1 saturated heterocycles. The fourth-order valence-electron chi connectivity index (χ4n) is 2.28. The summed E-state index contributed by atoms with van der Waals surface area (Å²) in [6.45, 7) is 2.69. The molecule has 0 amide bonds. The fraction of sp³-hybridized carbons (Fsp3) is 0.571. The molecule has 20 heavy (non-hydrogen) atoms. The molecule has 1 N–H and O–H groups in total. The normalized spacial score (nSPS) is 24.0. The van der Waals surface area contributed by atoms with Gasteiger partial charge in [0.1, 0.15) is 0 Å². The Hall–Kier alpha value is -0.950. The van der Waals surface area contributed by atoms with Crippen LogP contribution in [0, 0.1) is 6.92 Å². The molecule has 5 nitrogen and oxygen atoms in total. The zero-order chi connectivity index (χ0) is 14.8. The van der Waals surface area contributed by atoms with E-state index in [4.69, 9.17) is 4.74 Å². The maximum absolute atomic E-state index is 12.0. The molecule has 0 bridgehead atoms. The number of ether oxygens (including phenoxy) is 1. The molecule has 0 radical (unpaired) electrons. The van der Waals surface area contributed by atoms with Crippen molar-refractivity contribution in [3.8, 4) is 0 Å². The SMILES string of the molecule is Cc1ccc([C@@H]2OCCC[C@H]2NS(=O)(=O)N(C)C)cc1. The average molecular weight is 298 g/mol. The van der Waals surface area contributed by atoms with E-state index in [2.05, 4.69) is 4.72 Å². The first-order valence-corrected chi connectivity index (χ1v) is 8.22. The Kier molecular flexibility index (Phi) is 4.80. The van der Waals surface area contributed by atoms with Crippen LogP contribution in [-0.2, 0) is 14.9 Å². The van der Waals surface area contributed by atoms with Crippen LogP contribution in [0.2, 0.25) is 0 Å². The third-order valence-electron chi connectivity index (χ3n) is 3.51. The first-order chi connectivity index (χ1) is 9.40. The number of hydrogen-bond acceptors (Lipinski definition) is 3. The second-order valence-electron chi connectivity index (χ2n) is 5.36. The summed E-state index contributed by atoms with van der Waals surface area (Å²) < 4.78 is 33.7. The van der Waals surface area contributed by atoms with E-state index in [1.54, 1.807) is 0 Å². The topological polar surface area (TPSA) is 58.6 Å². The minimum absolute atomic E-state index is 0.223. The van der Waals surface area contributed by atoms with Crippen molar-refractivity contribution in [2.45, 2.75) is 31.9 Å². The molecule has 1 aromatic carbocycles. The summed E-state index contributed by atoms with van der Waals surface area (Å²) in [6, 6.07) is 7.82. The van der Waals surface area contributed by atoms with Crippen LogP contribution < -0.4 is 4.72 Å². The molecule has 0 aliphatic carbocycles. The van der Waals surface area contributed by atoms with Crippen molar-refractivity contribution in [3.05, 3.63) is 35.4 Å². The quantitative estimate of drug-likeness (QED) is 0.919. The van der Waals surface area contributed by atoms with Gasteiger partial charge < -0.3 is 4.74 Å². The zero-order valence-electron chi connectivity index (χ0n) is 12.2. The van der Waals surface area contributed by atoms with Gasteiger partial charge in [-0.25, -0.2) is 0 Å². The Labute approximate surface area is 121 Å². The first-order valence-electron chi connectivity index (χ1n) is 6.78. The van der Waals surface area contributed by atoms with Gasteiger partial charge in [0.05, 0.1) is 12.1 Å². The highest BCUT2D eigenvalue weighted by Crippen LogP contribution is 2.29. The Morgan fingerprint density at radius 1 is 1.25 bits per heavy atom. The number of nitrogens with one attached hydrogen (secondary N) is 1. The van der Waals surface area contributed by atoms with Crippen LogP contribution in [-0.4, -0.2) is 39.5 Å². The van der Waals surface area contributed by atoms with Crippen molar-refractivity contribution in [2.75, 3.05) is 20.7 Å². The Morgan fingerprint density at radius 3 is 2.50 bits per heavy atom. The number of rotatable bonds is 4. The highest BCUT2D eigenvalue weighted by atomic mass is 32.2. The Bertz CT molecular complexity index is 540. The smallest absolute Gasteiger partial charge is 0.279 e. The van der Waals surface area contributed by atoms with Gasteiger partial charge in [-0.3, -0.25) is 0 Å². The second kappa shape index (κ2) is 6.22. The predicted molar refractivity (Wildman–Crippen MR) is 78.6 cm³/mol. The molecular formula is C14H22N2O3S. The molecule has 1 heterocycles. The fourth-order valence-corrected chi connectivity index (χ4v) is 3.12. The summed E-state index contributed by atoms with van der Waals surface area (Å²) in [5.74, 6) is 0. The van der Waals surface area contributed by atoms with Crippen LogP contribution in [0.1, 0.15) is 30.1 Å². The van der Waals surface area contributed by atoms with Gasteiger partial charge in [-0.05, 0) is 25.3 Å². The third-order valence-corrected chi connectivity index (χ3v) is 5.07. The number of hydrogen-bond donors (Lipinski definition) is 1. The zero-order valence-corrected chi connectivity index (χ0v) is 13.0.